The number of nitrogen functional groups attached to an aromatic ring is 1. The molecular weight excluding hydrogens is 262 g/mol. The van der Waals surface area contributed by atoms with Gasteiger partial charge in [0.25, 0.3) is 0 Å². The number of aromatic nitrogens is 1. The van der Waals surface area contributed by atoms with Gasteiger partial charge >= 0.3 is 0 Å². The topological polar surface area (TPSA) is 68.0 Å². The molecule has 0 radical (unpaired) electrons. The molecule has 0 unspecified atom stereocenters. The summed E-state index contributed by atoms with van der Waals surface area (Å²) in [5.41, 5.74) is 7.39. The predicted octanol–water partition coefficient (Wildman–Crippen LogP) is 2.89. The molecule has 0 aliphatic carbocycles. The Hall–Kier alpha value is -2.07. The Bertz CT molecular complexity index is 569. The van der Waals surface area contributed by atoms with Crippen molar-refractivity contribution in [3.63, 3.8) is 0 Å². The first-order chi connectivity index (χ1) is 9.13. The fourth-order valence-corrected chi connectivity index (χ4v) is 1.79. The fourth-order valence-electron chi connectivity index (χ4n) is 1.63. The van der Waals surface area contributed by atoms with Gasteiger partial charge in [-0.05, 0) is 36.2 Å². The zero-order valence-electron chi connectivity index (χ0n) is 10.3. The molecule has 0 bridgehead atoms. The van der Waals surface area contributed by atoms with Gasteiger partial charge in [0, 0.05) is 12.1 Å². The molecule has 4 nitrogen and oxygen atoms in total. The predicted molar refractivity (Wildman–Crippen MR) is 77.1 cm³/mol. The fraction of sp³-hybridized carbons (Fsp3) is 0.143. The SMILES string of the molecule is Nc1ccc(CCC(=O)Nc2cccc(Cl)n2)cc1. The summed E-state index contributed by atoms with van der Waals surface area (Å²) in [6.45, 7) is 0. The van der Waals surface area contributed by atoms with Crippen molar-refractivity contribution in [2.75, 3.05) is 11.1 Å². The van der Waals surface area contributed by atoms with Crippen LogP contribution in [0.25, 0.3) is 0 Å². The minimum Gasteiger partial charge on any atom is -0.399 e. The summed E-state index contributed by atoms with van der Waals surface area (Å²) in [6, 6.07) is 12.6. The van der Waals surface area contributed by atoms with Crippen LogP contribution in [-0.4, -0.2) is 10.9 Å². The highest BCUT2D eigenvalue weighted by Gasteiger charge is 2.04. The molecule has 1 aromatic heterocycles. The standard InChI is InChI=1S/C14H14ClN3O/c15-12-2-1-3-13(17-12)18-14(19)9-6-10-4-7-11(16)8-5-10/h1-5,7-8H,6,9,16H2,(H,17,18,19). The van der Waals surface area contributed by atoms with E-state index < -0.39 is 0 Å². The van der Waals surface area contributed by atoms with Crippen LogP contribution >= 0.6 is 11.6 Å². The number of nitrogens with zero attached hydrogens (tertiary/aromatic N) is 1. The van der Waals surface area contributed by atoms with Gasteiger partial charge in [0.2, 0.25) is 5.91 Å². The highest BCUT2D eigenvalue weighted by Crippen LogP contribution is 2.11. The van der Waals surface area contributed by atoms with Crippen LogP contribution in [0.4, 0.5) is 11.5 Å². The Kier molecular flexibility index (Phi) is 4.36. The maximum Gasteiger partial charge on any atom is 0.225 e. The Morgan fingerprint density at radius 1 is 1.21 bits per heavy atom. The summed E-state index contributed by atoms with van der Waals surface area (Å²) >= 11 is 5.74. The van der Waals surface area contributed by atoms with Crippen LogP contribution in [0.5, 0.6) is 0 Å². The number of pyridine rings is 1. The monoisotopic (exact) mass is 275 g/mol. The summed E-state index contributed by atoms with van der Waals surface area (Å²) in [7, 11) is 0. The summed E-state index contributed by atoms with van der Waals surface area (Å²) < 4.78 is 0. The molecule has 0 aliphatic rings. The molecule has 5 heteroatoms. The van der Waals surface area contributed by atoms with Gasteiger partial charge in [0.1, 0.15) is 11.0 Å². The maximum absolute atomic E-state index is 11.7. The van der Waals surface area contributed by atoms with E-state index in [9.17, 15) is 4.79 Å². The van der Waals surface area contributed by atoms with E-state index in [1.165, 1.54) is 0 Å². The minimum atomic E-state index is -0.0911. The lowest BCUT2D eigenvalue weighted by Gasteiger charge is -2.05. The minimum absolute atomic E-state index is 0.0911. The molecule has 98 valence electrons. The van der Waals surface area contributed by atoms with Crippen molar-refractivity contribution in [3.8, 4) is 0 Å². The van der Waals surface area contributed by atoms with Crippen LogP contribution in [0, 0.1) is 0 Å². The number of halogens is 1. The number of anilines is 2. The average molecular weight is 276 g/mol. The van der Waals surface area contributed by atoms with Crippen molar-refractivity contribution < 1.29 is 4.79 Å². The summed E-state index contributed by atoms with van der Waals surface area (Å²) in [5, 5.41) is 3.06. The van der Waals surface area contributed by atoms with Gasteiger partial charge in [0.15, 0.2) is 0 Å². The van der Waals surface area contributed by atoms with Gasteiger partial charge in [0.05, 0.1) is 0 Å². The van der Waals surface area contributed by atoms with Crippen molar-refractivity contribution in [1.29, 1.82) is 0 Å². The van der Waals surface area contributed by atoms with Gasteiger partial charge in [-0.1, -0.05) is 29.8 Å². The lowest BCUT2D eigenvalue weighted by Crippen LogP contribution is -2.13. The van der Waals surface area contributed by atoms with Gasteiger partial charge in [-0.25, -0.2) is 4.98 Å². The lowest BCUT2D eigenvalue weighted by atomic mass is 10.1. The van der Waals surface area contributed by atoms with Gasteiger partial charge in [-0.2, -0.15) is 0 Å². The van der Waals surface area contributed by atoms with E-state index in [-0.39, 0.29) is 5.91 Å². The highest BCUT2D eigenvalue weighted by atomic mass is 35.5. The van der Waals surface area contributed by atoms with Crippen molar-refractivity contribution in [1.82, 2.24) is 4.98 Å². The first-order valence-corrected chi connectivity index (χ1v) is 6.28. The smallest absolute Gasteiger partial charge is 0.225 e. The van der Waals surface area contributed by atoms with E-state index in [4.69, 9.17) is 17.3 Å². The number of hydrogen-bond donors (Lipinski definition) is 2. The lowest BCUT2D eigenvalue weighted by molar-refractivity contribution is -0.116. The van der Waals surface area contributed by atoms with Gasteiger partial charge in [-0.15, -0.1) is 0 Å². The third-order valence-electron chi connectivity index (χ3n) is 2.60. The number of hydrogen-bond acceptors (Lipinski definition) is 3. The summed E-state index contributed by atoms with van der Waals surface area (Å²) in [4.78, 5) is 15.7. The van der Waals surface area contributed by atoms with E-state index in [0.717, 1.165) is 11.3 Å². The van der Waals surface area contributed by atoms with Crippen LogP contribution in [0.3, 0.4) is 0 Å². The van der Waals surface area contributed by atoms with Crippen molar-refractivity contribution in [2.45, 2.75) is 12.8 Å². The Balaban J connectivity index is 1.86. The molecule has 2 rings (SSSR count). The molecule has 19 heavy (non-hydrogen) atoms. The summed E-state index contributed by atoms with van der Waals surface area (Å²) in [5.74, 6) is 0.376. The molecule has 0 fully saturated rings. The van der Waals surface area contributed by atoms with Crippen LogP contribution in [0.15, 0.2) is 42.5 Å². The number of rotatable bonds is 4. The molecule has 2 aromatic rings. The van der Waals surface area contributed by atoms with Gasteiger partial charge in [-0.3, -0.25) is 4.79 Å². The Morgan fingerprint density at radius 2 is 1.95 bits per heavy atom. The molecule has 0 saturated carbocycles. The van der Waals surface area contributed by atoms with Crippen LogP contribution in [-0.2, 0) is 11.2 Å². The quantitative estimate of drug-likeness (QED) is 0.666. The summed E-state index contributed by atoms with van der Waals surface area (Å²) in [6.07, 6.45) is 1.05. The molecule has 0 aliphatic heterocycles. The van der Waals surface area contributed by atoms with Crippen LogP contribution in [0.2, 0.25) is 5.15 Å². The van der Waals surface area contributed by atoms with E-state index in [2.05, 4.69) is 10.3 Å². The van der Waals surface area contributed by atoms with Crippen LogP contribution < -0.4 is 11.1 Å². The second kappa shape index (κ2) is 6.20. The third kappa shape index (κ3) is 4.26. The number of amides is 1. The largest absolute Gasteiger partial charge is 0.399 e. The first kappa shape index (κ1) is 13.4. The molecule has 1 heterocycles. The molecule has 1 aromatic carbocycles. The number of aryl methyl sites for hydroxylation is 1. The number of carbonyl (C=O) groups is 1. The highest BCUT2D eigenvalue weighted by molar-refractivity contribution is 6.29. The second-order valence-electron chi connectivity index (χ2n) is 4.14. The van der Waals surface area contributed by atoms with E-state index in [1.807, 2.05) is 24.3 Å². The Labute approximate surface area is 116 Å². The molecule has 0 spiro atoms. The zero-order chi connectivity index (χ0) is 13.7. The number of nitrogens with two attached hydrogens (primary N) is 1. The number of benzene rings is 1. The normalized spacial score (nSPS) is 10.2. The van der Waals surface area contributed by atoms with Crippen molar-refractivity contribution >= 4 is 29.0 Å². The number of carbonyl (C=O) groups excluding carboxylic acids is 1. The molecule has 3 N–H and O–H groups in total. The second-order valence-corrected chi connectivity index (χ2v) is 4.52. The average Bonchev–Trinajstić information content (AvgIpc) is 2.38. The van der Waals surface area contributed by atoms with E-state index >= 15 is 0 Å². The van der Waals surface area contributed by atoms with Crippen molar-refractivity contribution in [2.24, 2.45) is 0 Å². The van der Waals surface area contributed by atoms with E-state index in [1.54, 1.807) is 18.2 Å². The number of nitrogens with one attached hydrogen (secondary N) is 1. The van der Waals surface area contributed by atoms with Crippen LogP contribution in [0.1, 0.15) is 12.0 Å². The van der Waals surface area contributed by atoms with Crippen molar-refractivity contribution in [3.05, 3.63) is 53.2 Å². The molecule has 0 saturated heterocycles. The first-order valence-electron chi connectivity index (χ1n) is 5.90. The Morgan fingerprint density at radius 3 is 2.63 bits per heavy atom. The molecule has 0 atom stereocenters. The third-order valence-corrected chi connectivity index (χ3v) is 2.81. The molecular formula is C14H14ClN3O. The zero-order valence-corrected chi connectivity index (χ0v) is 11.0. The maximum atomic E-state index is 11.7. The van der Waals surface area contributed by atoms with Gasteiger partial charge < -0.3 is 11.1 Å². The molecule has 1 amide bonds. The van der Waals surface area contributed by atoms with E-state index in [0.29, 0.717) is 23.8 Å².